The van der Waals surface area contributed by atoms with Crippen molar-refractivity contribution < 1.29 is 4.74 Å². The molecule has 2 aromatic rings. The fraction of sp³-hybridized carbons (Fsp3) is 0.611. The Morgan fingerprint density at radius 3 is 3.12 bits per heavy atom. The summed E-state index contributed by atoms with van der Waals surface area (Å²) in [6, 6.07) is 2.62. The molecular formula is C18H24ClN3OS. The quantitative estimate of drug-likeness (QED) is 0.821. The van der Waals surface area contributed by atoms with Gasteiger partial charge in [-0.05, 0) is 44.7 Å². The normalized spacial score (nSPS) is 27.5. The first-order chi connectivity index (χ1) is 11.6. The number of thiophene rings is 1. The molecule has 0 radical (unpaired) electrons. The maximum atomic E-state index is 6.35. The lowest BCUT2D eigenvalue weighted by molar-refractivity contribution is -0.110. The molecule has 2 atom stereocenters. The van der Waals surface area contributed by atoms with E-state index in [0.717, 1.165) is 49.8 Å². The summed E-state index contributed by atoms with van der Waals surface area (Å²) in [4.78, 5) is 3.93. The Bertz CT molecular complexity index is 728. The van der Waals surface area contributed by atoms with E-state index in [1.54, 1.807) is 11.3 Å². The van der Waals surface area contributed by atoms with Gasteiger partial charge in [0.1, 0.15) is 5.60 Å². The van der Waals surface area contributed by atoms with Crippen molar-refractivity contribution in [2.24, 2.45) is 0 Å². The summed E-state index contributed by atoms with van der Waals surface area (Å²) >= 11 is 8.00. The summed E-state index contributed by atoms with van der Waals surface area (Å²) in [6.45, 7) is 8.19. The molecule has 0 N–H and O–H groups in total. The number of fused-ring (bicyclic) bond motifs is 2. The summed E-state index contributed by atoms with van der Waals surface area (Å²) in [7, 11) is 0. The number of halogens is 1. The number of aryl methyl sites for hydroxylation is 1. The number of hydrogen-bond acceptors (Lipinski definition) is 4. The second kappa shape index (κ2) is 6.45. The highest BCUT2D eigenvalue weighted by Gasteiger charge is 2.44. The fourth-order valence-corrected chi connectivity index (χ4v) is 5.59. The SMILES string of the molecule is CCn1cc(CN2CC[C@]3(C[C@@H]2C)OCCc2cc(Cl)sc23)cn1. The molecular weight excluding hydrogens is 342 g/mol. The van der Waals surface area contributed by atoms with Crippen molar-refractivity contribution >= 4 is 22.9 Å². The third-order valence-electron chi connectivity index (χ3n) is 5.39. The molecule has 2 aliphatic rings. The molecule has 1 spiro atoms. The molecule has 6 heteroatoms. The van der Waals surface area contributed by atoms with Gasteiger partial charge in [-0.1, -0.05) is 11.6 Å². The maximum absolute atomic E-state index is 6.35. The Hall–Kier alpha value is -0.880. The zero-order valence-corrected chi connectivity index (χ0v) is 15.9. The van der Waals surface area contributed by atoms with Gasteiger partial charge in [-0.2, -0.15) is 5.10 Å². The number of rotatable bonds is 3. The Morgan fingerprint density at radius 1 is 1.50 bits per heavy atom. The lowest BCUT2D eigenvalue weighted by Crippen LogP contribution is -2.49. The minimum absolute atomic E-state index is 0.116. The lowest BCUT2D eigenvalue weighted by atomic mass is 9.82. The highest BCUT2D eigenvalue weighted by atomic mass is 35.5. The van der Waals surface area contributed by atoms with Crippen LogP contribution in [0.1, 0.15) is 42.7 Å². The number of aromatic nitrogens is 2. The van der Waals surface area contributed by atoms with E-state index in [9.17, 15) is 0 Å². The smallest absolute Gasteiger partial charge is 0.105 e. The first kappa shape index (κ1) is 16.6. The third-order valence-corrected chi connectivity index (χ3v) is 6.88. The molecule has 0 saturated carbocycles. The van der Waals surface area contributed by atoms with Crippen LogP contribution in [0.2, 0.25) is 4.34 Å². The van der Waals surface area contributed by atoms with E-state index in [0.29, 0.717) is 6.04 Å². The second-order valence-electron chi connectivity index (χ2n) is 6.98. The maximum Gasteiger partial charge on any atom is 0.105 e. The van der Waals surface area contributed by atoms with Crippen LogP contribution in [-0.4, -0.2) is 33.9 Å². The Kier molecular flexibility index (Phi) is 4.45. The number of hydrogen-bond donors (Lipinski definition) is 0. The van der Waals surface area contributed by atoms with Crippen LogP contribution >= 0.6 is 22.9 Å². The van der Waals surface area contributed by atoms with Crippen molar-refractivity contribution in [1.29, 1.82) is 0 Å². The molecule has 130 valence electrons. The van der Waals surface area contributed by atoms with E-state index in [2.05, 4.69) is 36.1 Å². The number of ether oxygens (including phenoxy) is 1. The van der Waals surface area contributed by atoms with Crippen molar-refractivity contribution in [1.82, 2.24) is 14.7 Å². The molecule has 2 aromatic heterocycles. The van der Waals surface area contributed by atoms with Gasteiger partial charge in [0.25, 0.3) is 0 Å². The first-order valence-corrected chi connectivity index (χ1v) is 9.97. The Labute approximate surface area is 152 Å². The zero-order chi connectivity index (χ0) is 16.7. The van der Waals surface area contributed by atoms with Gasteiger partial charge in [-0.3, -0.25) is 9.58 Å². The molecule has 4 rings (SSSR count). The van der Waals surface area contributed by atoms with E-state index < -0.39 is 0 Å². The Balaban J connectivity index is 1.50. The number of likely N-dealkylation sites (tertiary alicyclic amines) is 1. The van der Waals surface area contributed by atoms with Crippen LogP contribution in [0.4, 0.5) is 0 Å². The molecule has 0 unspecified atom stereocenters. The second-order valence-corrected chi connectivity index (χ2v) is 8.66. The molecule has 2 aliphatic heterocycles. The van der Waals surface area contributed by atoms with Gasteiger partial charge in [0, 0.05) is 42.3 Å². The van der Waals surface area contributed by atoms with Crippen LogP contribution in [0.5, 0.6) is 0 Å². The minimum Gasteiger partial charge on any atom is -0.369 e. The van der Waals surface area contributed by atoms with E-state index in [-0.39, 0.29) is 5.60 Å². The van der Waals surface area contributed by atoms with E-state index in [1.807, 2.05) is 10.9 Å². The lowest BCUT2D eigenvalue weighted by Gasteiger charge is -2.47. The summed E-state index contributed by atoms with van der Waals surface area (Å²) in [6.07, 6.45) is 7.23. The predicted molar refractivity (Wildman–Crippen MR) is 97.7 cm³/mol. The van der Waals surface area contributed by atoms with Crippen LogP contribution in [0.3, 0.4) is 0 Å². The van der Waals surface area contributed by atoms with E-state index >= 15 is 0 Å². The van der Waals surface area contributed by atoms with Gasteiger partial charge in [-0.25, -0.2) is 0 Å². The van der Waals surface area contributed by atoms with Crippen molar-refractivity contribution in [2.75, 3.05) is 13.2 Å². The number of nitrogens with zero attached hydrogens (tertiary/aromatic N) is 3. The van der Waals surface area contributed by atoms with Crippen LogP contribution in [0, 0.1) is 0 Å². The topological polar surface area (TPSA) is 30.3 Å². The first-order valence-electron chi connectivity index (χ1n) is 8.77. The van der Waals surface area contributed by atoms with Gasteiger partial charge in [0.15, 0.2) is 0 Å². The van der Waals surface area contributed by atoms with Gasteiger partial charge in [0.05, 0.1) is 17.1 Å². The monoisotopic (exact) mass is 365 g/mol. The molecule has 24 heavy (non-hydrogen) atoms. The average Bonchev–Trinajstić information content (AvgIpc) is 3.17. The molecule has 0 bridgehead atoms. The van der Waals surface area contributed by atoms with Crippen molar-refractivity contribution in [3.8, 4) is 0 Å². The average molecular weight is 366 g/mol. The standard InChI is InChI=1S/C18H24ClN3OS/c1-3-22-12-14(10-20-22)11-21-6-5-18(9-13(21)2)17-15(4-7-23-18)8-16(19)24-17/h8,10,12-13H,3-7,9,11H2,1-2H3/t13-,18+/m0/s1. The largest absolute Gasteiger partial charge is 0.369 e. The van der Waals surface area contributed by atoms with Crippen molar-refractivity contribution in [2.45, 2.75) is 57.8 Å². The fourth-order valence-electron chi connectivity index (χ4n) is 4.11. The van der Waals surface area contributed by atoms with Gasteiger partial charge in [0.2, 0.25) is 0 Å². The van der Waals surface area contributed by atoms with E-state index in [4.69, 9.17) is 16.3 Å². The van der Waals surface area contributed by atoms with Gasteiger partial charge in [-0.15, -0.1) is 11.3 Å². The van der Waals surface area contributed by atoms with Gasteiger partial charge < -0.3 is 4.74 Å². The predicted octanol–water partition coefficient (Wildman–Crippen LogP) is 4.07. The molecule has 4 heterocycles. The van der Waals surface area contributed by atoms with Crippen molar-refractivity contribution in [3.05, 3.63) is 38.8 Å². The van der Waals surface area contributed by atoms with Crippen LogP contribution in [-0.2, 0) is 29.8 Å². The molecule has 1 fully saturated rings. The molecule has 0 aliphatic carbocycles. The summed E-state index contributed by atoms with van der Waals surface area (Å²) in [5.41, 5.74) is 2.58. The molecule has 4 nitrogen and oxygen atoms in total. The minimum atomic E-state index is -0.116. The summed E-state index contributed by atoms with van der Waals surface area (Å²) in [5, 5.41) is 4.39. The molecule has 1 saturated heterocycles. The summed E-state index contributed by atoms with van der Waals surface area (Å²) < 4.78 is 9.24. The van der Waals surface area contributed by atoms with Crippen LogP contribution in [0.15, 0.2) is 18.5 Å². The number of piperidine rings is 1. The van der Waals surface area contributed by atoms with E-state index in [1.165, 1.54) is 16.0 Å². The Morgan fingerprint density at radius 2 is 2.38 bits per heavy atom. The zero-order valence-electron chi connectivity index (χ0n) is 14.3. The summed E-state index contributed by atoms with van der Waals surface area (Å²) in [5.74, 6) is 0. The molecule has 0 aromatic carbocycles. The van der Waals surface area contributed by atoms with Crippen LogP contribution in [0.25, 0.3) is 0 Å². The molecule has 0 amide bonds. The highest BCUT2D eigenvalue weighted by Crippen LogP contribution is 2.48. The highest BCUT2D eigenvalue weighted by molar-refractivity contribution is 7.16. The third kappa shape index (κ3) is 2.92. The van der Waals surface area contributed by atoms with Crippen molar-refractivity contribution in [3.63, 3.8) is 0 Å². The van der Waals surface area contributed by atoms with Crippen LogP contribution < -0.4 is 0 Å². The van der Waals surface area contributed by atoms with Gasteiger partial charge >= 0.3 is 0 Å².